The maximum absolute atomic E-state index is 12.8. The fourth-order valence-electron chi connectivity index (χ4n) is 4.85. The number of nitrogens with one attached hydrogen (secondary N) is 4. The highest BCUT2D eigenvalue weighted by atomic mass is 35.5. The average Bonchev–Trinajstić information content (AvgIpc) is 3.56. The highest BCUT2D eigenvalue weighted by Crippen LogP contribution is 2.33. The van der Waals surface area contributed by atoms with E-state index < -0.39 is 0 Å². The van der Waals surface area contributed by atoms with E-state index in [1.807, 2.05) is 49.5 Å². The maximum Gasteiger partial charge on any atom is 0.251 e. The Hall–Kier alpha value is -4.21. The summed E-state index contributed by atoms with van der Waals surface area (Å²) in [4.78, 5) is 39.2. The highest BCUT2D eigenvalue weighted by Gasteiger charge is 2.27. The van der Waals surface area contributed by atoms with Crippen molar-refractivity contribution < 1.29 is 9.59 Å². The standard InChI is InChI=1S/C30H32ClN7O2/c1-38(2)15-5-8-27(39)34-20-11-9-19(10-12-20)29(40)35-21-13-14-22(16-21)36-30-33-18-25(31)28(37-30)24-17-32-26-7-4-3-6-23(24)26/h3-12,17-18,21-22,32H,13-16H2,1-2H3,(H,34,39)(H,35,40)(H,33,36,37)/b8-5+/t21-,22+/m0/s1. The zero-order valence-corrected chi connectivity index (χ0v) is 23.2. The summed E-state index contributed by atoms with van der Waals surface area (Å²) >= 11 is 6.47. The Bertz CT molecular complexity index is 1530. The van der Waals surface area contributed by atoms with Crippen LogP contribution >= 0.6 is 11.6 Å². The van der Waals surface area contributed by atoms with E-state index in [2.05, 4.69) is 25.9 Å². The molecule has 9 nitrogen and oxygen atoms in total. The van der Waals surface area contributed by atoms with Gasteiger partial charge < -0.3 is 25.8 Å². The Labute approximate surface area is 238 Å². The second-order valence-corrected chi connectivity index (χ2v) is 10.6. The van der Waals surface area contributed by atoms with Gasteiger partial charge >= 0.3 is 0 Å². The van der Waals surface area contributed by atoms with Crippen LogP contribution in [0, 0.1) is 0 Å². The number of likely N-dealkylation sites (N-methyl/N-ethyl adjacent to an activating group) is 1. The monoisotopic (exact) mass is 557 g/mol. The lowest BCUT2D eigenvalue weighted by Crippen LogP contribution is -2.34. The first-order chi connectivity index (χ1) is 19.4. The predicted octanol–water partition coefficient (Wildman–Crippen LogP) is 5.10. The van der Waals surface area contributed by atoms with Gasteiger partial charge in [0.2, 0.25) is 11.9 Å². The Morgan fingerprint density at radius 1 is 1.10 bits per heavy atom. The number of nitrogens with zero attached hydrogens (tertiary/aromatic N) is 3. The van der Waals surface area contributed by atoms with Crippen molar-refractivity contribution in [2.45, 2.75) is 31.3 Å². The number of rotatable bonds is 9. The molecule has 4 aromatic rings. The molecule has 2 aromatic heterocycles. The number of fused-ring (bicyclic) bond motifs is 1. The van der Waals surface area contributed by atoms with Crippen LogP contribution in [0.3, 0.4) is 0 Å². The number of para-hydroxylation sites is 1. The third-order valence-electron chi connectivity index (χ3n) is 6.84. The lowest BCUT2D eigenvalue weighted by atomic mass is 10.1. The SMILES string of the molecule is CN(C)C/C=C/C(=O)Nc1ccc(C(=O)N[C@H]2CC[C@@H](Nc3ncc(Cl)c(-c4c[nH]c5ccccc45)n3)C2)cc1. The lowest BCUT2D eigenvalue weighted by Gasteiger charge is -2.15. The van der Waals surface area contributed by atoms with Gasteiger partial charge in [0, 0.05) is 58.6 Å². The van der Waals surface area contributed by atoms with Crippen LogP contribution in [-0.4, -0.2) is 64.4 Å². The van der Waals surface area contributed by atoms with E-state index in [1.165, 1.54) is 6.08 Å². The molecule has 0 spiro atoms. The van der Waals surface area contributed by atoms with Crippen LogP contribution in [0.25, 0.3) is 22.2 Å². The third kappa shape index (κ3) is 6.67. The van der Waals surface area contributed by atoms with Crippen molar-refractivity contribution in [3.63, 3.8) is 0 Å². The van der Waals surface area contributed by atoms with Gasteiger partial charge in [0.25, 0.3) is 5.91 Å². The summed E-state index contributed by atoms with van der Waals surface area (Å²) in [6, 6.07) is 15.1. The number of aromatic amines is 1. The first-order valence-corrected chi connectivity index (χ1v) is 13.6. The normalized spacial score (nSPS) is 17.0. The first-order valence-electron chi connectivity index (χ1n) is 13.2. The number of H-pyrrole nitrogens is 1. The van der Waals surface area contributed by atoms with E-state index in [4.69, 9.17) is 16.6 Å². The minimum atomic E-state index is -0.207. The lowest BCUT2D eigenvalue weighted by molar-refractivity contribution is -0.111. The molecule has 0 saturated heterocycles. The Balaban J connectivity index is 1.15. The van der Waals surface area contributed by atoms with Crippen molar-refractivity contribution in [2.75, 3.05) is 31.3 Å². The summed E-state index contributed by atoms with van der Waals surface area (Å²) in [6.07, 6.45) is 9.31. The van der Waals surface area contributed by atoms with Gasteiger partial charge in [-0.25, -0.2) is 9.97 Å². The van der Waals surface area contributed by atoms with Crippen LogP contribution in [-0.2, 0) is 4.79 Å². The van der Waals surface area contributed by atoms with Gasteiger partial charge in [-0.2, -0.15) is 0 Å². The van der Waals surface area contributed by atoms with Gasteiger partial charge in [-0.1, -0.05) is 35.9 Å². The van der Waals surface area contributed by atoms with E-state index in [9.17, 15) is 9.59 Å². The molecular formula is C30H32ClN7O2. The molecular weight excluding hydrogens is 526 g/mol. The Kier molecular flexibility index (Phi) is 8.42. The molecule has 0 radical (unpaired) electrons. The minimum Gasteiger partial charge on any atom is -0.360 e. The molecule has 2 amide bonds. The zero-order chi connectivity index (χ0) is 28.1. The first kappa shape index (κ1) is 27.4. The predicted molar refractivity (Wildman–Crippen MR) is 160 cm³/mol. The van der Waals surface area contributed by atoms with Gasteiger partial charge in [0.1, 0.15) is 0 Å². The number of halogens is 1. The summed E-state index contributed by atoms with van der Waals surface area (Å²) in [5.74, 6) is 0.163. The second kappa shape index (κ2) is 12.3. The van der Waals surface area contributed by atoms with Crippen molar-refractivity contribution in [2.24, 2.45) is 0 Å². The van der Waals surface area contributed by atoms with Gasteiger partial charge in [0.05, 0.1) is 16.9 Å². The quantitative estimate of drug-likeness (QED) is 0.213. The molecule has 4 N–H and O–H groups in total. The minimum absolute atomic E-state index is 0.0339. The summed E-state index contributed by atoms with van der Waals surface area (Å²) in [5, 5.41) is 10.9. The number of benzene rings is 2. The molecule has 40 heavy (non-hydrogen) atoms. The van der Waals surface area contributed by atoms with E-state index >= 15 is 0 Å². The number of hydrogen-bond donors (Lipinski definition) is 4. The van der Waals surface area contributed by atoms with Crippen LogP contribution in [0.2, 0.25) is 5.02 Å². The molecule has 5 rings (SSSR count). The third-order valence-corrected chi connectivity index (χ3v) is 7.12. The maximum atomic E-state index is 12.8. The highest BCUT2D eigenvalue weighted by molar-refractivity contribution is 6.33. The number of aromatic nitrogens is 3. The second-order valence-electron chi connectivity index (χ2n) is 10.2. The van der Waals surface area contributed by atoms with E-state index in [0.717, 1.165) is 35.7 Å². The molecule has 1 aliphatic rings. The van der Waals surface area contributed by atoms with E-state index in [0.29, 0.717) is 34.5 Å². The van der Waals surface area contributed by atoms with Gasteiger partial charge in [-0.15, -0.1) is 0 Å². The van der Waals surface area contributed by atoms with Crippen LogP contribution < -0.4 is 16.0 Å². The van der Waals surface area contributed by atoms with E-state index in [1.54, 1.807) is 36.5 Å². The van der Waals surface area contributed by atoms with Crippen molar-refractivity contribution in [1.29, 1.82) is 0 Å². The molecule has 0 aliphatic heterocycles. The molecule has 10 heteroatoms. The number of hydrogen-bond acceptors (Lipinski definition) is 6. The molecule has 0 unspecified atom stereocenters. The van der Waals surface area contributed by atoms with Gasteiger partial charge in [0.15, 0.2) is 0 Å². The number of carbonyl (C=O) groups is 2. The summed E-state index contributed by atoms with van der Waals surface area (Å²) in [7, 11) is 3.87. The summed E-state index contributed by atoms with van der Waals surface area (Å²) in [6.45, 7) is 0.683. The van der Waals surface area contributed by atoms with Crippen molar-refractivity contribution in [3.8, 4) is 11.3 Å². The molecule has 2 heterocycles. The van der Waals surface area contributed by atoms with Gasteiger partial charge in [-0.05, 0) is 63.7 Å². The Morgan fingerprint density at radius 3 is 2.67 bits per heavy atom. The van der Waals surface area contributed by atoms with Crippen LogP contribution in [0.5, 0.6) is 0 Å². The molecule has 206 valence electrons. The number of carbonyl (C=O) groups excluding carboxylic acids is 2. The van der Waals surface area contributed by atoms with Crippen LogP contribution in [0.1, 0.15) is 29.6 Å². The molecule has 0 bridgehead atoms. The summed E-state index contributed by atoms with van der Waals surface area (Å²) < 4.78 is 0. The Morgan fingerprint density at radius 2 is 1.88 bits per heavy atom. The molecule has 1 fully saturated rings. The van der Waals surface area contributed by atoms with Crippen molar-refractivity contribution >= 4 is 46.0 Å². The fraction of sp³-hybridized carbons (Fsp3) is 0.267. The topological polar surface area (TPSA) is 115 Å². The zero-order valence-electron chi connectivity index (χ0n) is 22.4. The van der Waals surface area contributed by atoms with Crippen LogP contribution in [0.15, 0.2) is 73.1 Å². The fourth-order valence-corrected chi connectivity index (χ4v) is 5.04. The molecule has 1 aliphatic carbocycles. The van der Waals surface area contributed by atoms with Gasteiger partial charge in [-0.3, -0.25) is 9.59 Å². The average molecular weight is 558 g/mol. The molecule has 1 saturated carbocycles. The van der Waals surface area contributed by atoms with E-state index in [-0.39, 0.29) is 23.9 Å². The molecule has 2 atom stereocenters. The number of anilines is 2. The smallest absolute Gasteiger partial charge is 0.251 e. The molecule has 2 aromatic carbocycles. The number of amides is 2. The van der Waals surface area contributed by atoms with Crippen molar-refractivity contribution in [1.82, 2.24) is 25.2 Å². The summed E-state index contributed by atoms with van der Waals surface area (Å²) in [5.41, 5.74) is 3.79. The van der Waals surface area contributed by atoms with Crippen LogP contribution in [0.4, 0.5) is 11.6 Å². The largest absolute Gasteiger partial charge is 0.360 e. The van der Waals surface area contributed by atoms with Crippen molar-refractivity contribution in [3.05, 3.63) is 83.7 Å².